The van der Waals surface area contributed by atoms with Crippen molar-refractivity contribution in [2.45, 2.75) is 46.6 Å². The van der Waals surface area contributed by atoms with Crippen molar-refractivity contribution in [1.29, 1.82) is 0 Å². The van der Waals surface area contributed by atoms with E-state index in [1.165, 1.54) is 10.9 Å². The van der Waals surface area contributed by atoms with Crippen molar-refractivity contribution in [3.63, 3.8) is 0 Å². The number of hydrogen-bond donors (Lipinski definition) is 1. The molecule has 0 bridgehead atoms. The van der Waals surface area contributed by atoms with Crippen LogP contribution in [0.3, 0.4) is 0 Å². The SMILES string of the molecule is CCOC(=O)N1CCc2c([nH]c3ccc(Cl)cc23)C1CC(C)(C)C. The normalized spacial score (nSPS) is 17.9. The highest BCUT2D eigenvalue weighted by molar-refractivity contribution is 6.31. The summed E-state index contributed by atoms with van der Waals surface area (Å²) in [4.78, 5) is 17.8. The summed E-state index contributed by atoms with van der Waals surface area (Å²) in [5.74, 6) is 0. The van der Waals surface area contributed by atoms with Crippen LogP contribution in [0.15, 0.2) is 18.2 Å². The molecular formula is C19H25ClN2O2. The summed E-state index contributed by atoms with van der Waals surface area (Å²) < 4.78 is 5.29. The van der Waals surface area contributed by atoms with Gasteiger partial charge in [0.1, 0.15) is 0 Å². The van der Waals surface area contributed by atoms with Gasteiger partial charge in [0.15, 0.2) is 0 Å². The maximum atomic E-state index is 12.4. The molecule has 1 amide bonds. The summed E-state index contributed by atoms with van der Waals surface area (Å²) >= 11 is 6.18. The lowest BCUT2D eigenvalue weighted by Crippen LogP contribution is -2.41. The van der Waals surface area contributed by atoms with Crippen LogP contribution >= 0.6 is 11.6 Å². The van der Waals surface area contributed by atoms with Crippen molar-refractivity contribution in [3.05, 3.63) is 34.5 Å². The molecule has 0 radical (unpaired) electrons. The van der Waals surface area contributed by atoms with Gasteiger partial charge in [-0.3, -0.25) is 4.90 Å². The number of aromatic amines is 1. The minimum Gasteiger partial charge on any atom is -0.450 e. The fourth-order valence-electron chi connectivity index (χ4n) is 3.56. The number of carbonyl (C=O) groups excluding carboxylic acids is 1. The first-order valence-corrected chi connectivity index (χ1v) is 8.91. The van der Waals surface area contributed by atoms with Crippen molar-refractivity contribution in [3.8, 4) is 0 Å². The second-order valence-electron chi connectivity index (χ2n) is 7.63. The smallest absolute Gasteiger partial charge is 0.410 e. The minimum atomic E-state index is -0.228. The van der Waals surface area contributed by atoms with Gasteiger partial charge in [0.05, 0.1) is 12.6 Å². The van der Waals surface area contributed by atoms with Gasteiger partial charge in [0.2, 0.25) is 0 Å². The second-order valence-corrected chi connectivity index (χ2v) is 8.07. The third kappa shape index (κ3) is 3.25. The average Bonchev–Trinajstić information content (AvgIpc) is 2.85. The Morgan fingerprint density at radius 3 is 2.83 bits per heavy atom. The zero-order chi connectivity index (χ0) is 17.5. The Labute approximate surface area is 148 Å². The van der Waals surface area contributed by atoms with Crippen molar-refractivity contribution in [2.75, 3.05) is 13.2 Å². The molecular weight excluding hydrogens is 324 g/mol. The summed E-state index contributed by atoms with van der Waals surface area (Å²) in [6, 6.07) is 5.92. The van der Waals surface area contributed by atoms with Crippen LogP contribution in [0.25, 0.3) is 10.9 Å². The van der Waals surface area contributed by atoms with E-state index in [9.17, 15) is 4.79 Å². The summed E-state index contributed by atoms with van der Waals surface area (Å²) in [6.07, 6.45) is 1.46. The number of ether oxygens (including phenoxy) is 1. The number of H-pyrrole nitrogens is 1. The predicted octanol–water partition coefficient (Wildman–Crippen LogP) is 5.31. The lowest BCUT2D eigenvalue weighted by atomic mass is 9.83. The van der Waals surface area contributed by atoms with Crippen molar-refractivity contribution < 1.29 is 9.53 Å². The second kappa shape index (κ2) is 6.32. The molecule has 0 saturated carbocycles. The Kier molecular flexibility index (Phi) is 4.52. The van der Waals surface area contributed by atoms with Crippen LogP contribution in [0.5, 0.6) is 0 Å². The van der Waals surface area contributed by atoms with Crippen LogP contribution in [0.1, 0.15) is 51.4 Å². The van der Waals surface area contributed by atoms with E-state index in [-0.39, 0.29) is 17.6 Å². The van der Waals surface area contributed by atoms with Gasteiger partial charge in [0, 0.05) is 28.2 Å². The Balaban J connectivity index is 2.07. The first-order valence-electron chi connectivity index (χ1n) is 8.53. The number of carbonyl (C=O) groups is 1. The summed E-state index contributed by atoms with van der Waals surface area (Å²) in [5.41, 5.74) is 3.58. The largest absolute Gasteiger partial charge is 0.450 e. The molecule has 130 valence electrons. The van der Waals surface area contributed by atoms with E-state index >= 15 is 0 Å². The molecule has 1 aliphatic rings. The number of nitrogens with one attached hydrogen (secondary N) is 1. The molecule has 5 heteroatoms. The van der Waals surface area contributed by atoms with E-state index in [4.69, 9.17) is 16.3 Å². The maximum absolute atomic E-state index is 12.4. The van der Waals surface area contributed by atoms with Gasteiger partial charge >= 0.3 is 6.09 Å². The van der Waals surface area contributed by atoms with Crippen molar-refractivity contribution in [1.82, 2.24) is 9.88 Å². The monoisotopic (exact) mass is 348 g/mol. The topological polar surface area (TPSA) is 45.3 Å². The van der Waals surface area contributed by atoms with Gasteiger partial charge in [-0.2, -0.15) is 0 Å². The zero-order valence-corrected chi connectivity index (χ0v) is 15.5. The number of nitrogens with zero attached hydrogens (tertiary/aromatic N) is 1. The standard InChI is InChI=1S/C19H25ClN2O2/c1-5-24-18(23)22-9-8-13-14-10-12(20)6-7-15(14)21-17(13)16(22)11-19(2,3)4/h6-7,10,16,21H,5,8-9,11H2,1-4H3. The molecule has 4 nitrogen and oxygen atoms in total. The van der Waals surface area contributed by atoms with Crippen LogP contribution in [0.4, 0.5) is 4.79 Å². The molecule has 0 spiro atoms. The number of benzene rings is 1. The Morgan fingerprint density at radius 2 is 2.17 bits per heavy atom. The molecule has 0 fully saturated rings. The molecule has 3 rings (SSSR count). The molecule has 2 heterocycles. The van der Waals surface area contributed by atoms with E-state index in [2.05, 4.69) is 25.8 Å². The highest BCUT2D eigenvalue weighted by atomic mass is 35.5. The average molecular weight is 349 g/mol. The highest BCUT2D eigenvalue weighted by Crippen LogP contribution is 2.41. The van der Waals surface area contributed by atoms with E-state index < -0.39 is 0 Å². The molecule has 1 atom stereocenters. The Morgan fingerprint density at radius 1 is 1.42 bits per heavy atom. The van der Waals surface area contributed by atoms with Gasteiger partial charge in [-0.1, -0.05) is 32.4 Å². The molecule has 1 aromatic heterocycles. The first-order chi connectivity index (χ1) is 11.3. The molecule has 1 N–H and O–H groups in total. The van der Waals surface area contributed by atoms with Crippen LogP contribution < -0.4 is 0 Å². The third-order valence-corrected chi connectivity index (χ3v) is 4.76. The van der Waals surface area contributed by atoms with Gasteiger partial charge in [-0.05, 0) is 48.9 Å². The van der Waals surface area contributed by atoms with Gasteiger partial charge in [-0.15, -0.1) is 0 Å². The molecule has 0 aliphatic carbocycles. The number of rotatable bonds is 2. The van der Waals surface area contributed by atoms with E-state index in [1.807, 2.05) is 30.0 Å². The predicted molar refractivity (Wildman–Crippen MR) is 97.6 cm³/mol. The lowest BCUT2D eigenvalue weighted by Gasteiger charge is -2.38. The maximum Gasteiger partial charge on any atom is 0.410 e. The quantitative estimate of drug-likeness (QED) is 0.798. The molecule has 24 heavy (non-hydrogen) atoms. The van der Waals surface area contributed by atoms with Crippen molar-refractivity contribution >= 4 is 28.6 Å². The fraction of sp³-hybridized carbons (Fsp3) is 0.526. The summed E-state index contributed by atoms with van der Waals surface area (Å²) in [6.45, 7) is 9.51. The highest BCUT2D eigenvalue weighted by Gasteiger charge is 2.36. The van der Waals surface area contributed by atoms with Crippen LogP contribution in [-0.4, -0.2) is 29.1 Å². The van der Waals surface area contributed by atoms with Crippen LogP contribution in [0.2, 0.25) is 5.02 Å². The van der Waals surface area contributed by atoms with E-state index in [0.717, 1.165) is 29.1 Å². The number of hydrogen-bond acceptors (Lipinski definition) is 2. The third-order valence-electron chi connectivity index (χ3n) is 4.52. The Bertz CT molecular complexity index is 761. The Hall–Kier alpha value is -1.68. The van der Waals surface area contributed by atoms with E-state index in [0.29, 0.717) is 13.2 Å². The molecule has 0 saturated heterocycles. The van der Waals surface area contributed by atoms with E-state index in [1.54, 1.807) is 0 Å². The molecule has 1 aromatic carbocycles. The fourth-order valence-corrected chi connectivity index (χ4v) is 3.73. The lowest BCUT2D eigenvalue weighted by molar-refractivity contribution is 0.0746. The molecule has 1 aliphatic heterocycles. The first kappa shape index (κ1) is 17.2. The molecule has 1 unspecified atom stereocenters. The molecule has 2 aromatic rings. The summed E-state index contributed by atoms with van der Waals surface area (Å²) in [7, 11) is 0. The van der Waals surface area contributed by atoms with Gasteiger partial charge in [-0.25, -0.2) is 4.79 Å². The van der Waals surface area contributed by atoms with Crippen LogP contribution in [-0.2, 0) is 11.2 Å². The zero-order valence-electron chi connectivity index (χ0n) is 14.8. The van der Waals surface area contributed by atoms with Crippen LogP contribution in [0, 0.1) is 5.41 Å². The number of fused-ring (bicyclic) bond motifs is 3. The number of amides is 1. The number of halogens is 1. The minimum absolute atomic E-state index is 0.000949. The van der Waals surface area contributed by atoms with Gasteiger partial charge in [0.25, 0.3) is 0 Å². The summed E-state index contributed by atoms with van der Waals surface area (Å²) in [5, 5.41) is 1.91. The van der Waals surface area contributed by atoms with Crippen molar-refractivity contribution in [2.24, 2.45) is 5.41 Å². The number of aromatic nitrogens is 1. The van der Waals surface area contributed by atoms with Gasteiger partial charge < -0.3 is 9.72 Å².